The van der Waals surface area contributed by atoms with Crippen molar-refractivity contribution in [2.24, 2.45) is 0 Å². The van der Waals surface area contributed by atoms with Gasteiger partial charge in [-0.2, -0.15) is 0 Å². The van der Waals surface area contributed by atoms with Crippen molar-refractivity contribution >= 4 is 11.8 Å². The average Bonchev–Trinajstić information content (AvgIpc) is 3.17. The van der Waals surface area contributed by atoms with Crippen LogP contribution in [0.3, 0.4) is 0 Å². The quantitative estimate of drug-likeness (QED) is 0.715. The number of morpholine rings is 1. The first-order chi connectivity index (χ1) is 13.5. The summed E-state index contributed by atoms with van der Waals surface area (Å²) < 4.78 is 5.39. The summed E-state index contributed by atoms with van der Waals surface area (Å²) in [4.78, 5) is 31.2. The molecule has 2 aliphatic rings. The van der Waals surface area contributed by atoms with Crippen molar-refractivity contribution in [3.05, 3.63) is 35.4 Å². The van der Waals surface area contributed by atoms with E-state index in [1.807, 2.05) is 41.0 Å². The zero-order chi connectivity index (χ0) is 19.9. The van der Waals surface area contributed by atoms with Gasteiger partial charge in [0.05, 0.1) is 25.7 Å². The molecule has 1 aromatic carbocycles. The number of amides is 2. The lowest BCUT2D eigenvalue weighted by atomic mass is 10.1. The van der Waals surface area contributed by atoms with E-state index in [-0.39, 0.29) is 17.9 Å². The van der Waals surface area contributed by atoms with E-state index < -0.39 is 0 Å². The first kappa shape index (κ1) is 20.8. The highest BCUT2D eigenvalue weighted by atomic mass is 16.5. The molecule has 0 aromatic heterocycles. The molecule has 2 saturated heterocycles. The second-order valence-electron chi connectivity index (χ2n) is 7.91. The number of aryl methyl sites for hydroxylation is 1. The molecule has 2 amide bonds. The molecule has 1 atom stereocenters. The highest BCUT2D eigenvalue weighted by Crippen LogP contribution is 2.19. The van der Waals surface area contributed by atoms with E-state index in [9.17, 15) is 9.59 Å². The summed E-state index contributed by atoms with van der Waals surface area (Å²) in [5, 5.41) is 0. The van der Waals surface area contributed by atoms with E-state index in [0.717, 1.165) is 69.9 Å². The number of nitrogens with zero attached hydrogens (tertiary/aromatic N) is 3. The molecule has 0 aliphatic carbocycles. The van der Waals surface area contributed by atoms with Crippen molar-refractivity contribution in [1.82, 2.24) is 14.7 Å². The highest BCUT2D eigenvalue weighted by molar-refractivity contribution is 5.80. The summed E-state index contributed by atoms with van der Waals surface area (Å²) in [6.07, 6.45) is 2.28. The Morgan fingerprint density at radius 1 is 1.18 bits per heavy atom. The number of hydrogen-bond donors (Lipinski definition) is 0. The van der Waals surface area contributed by atoms with Gasteiger partial charge in [0.1, 0.15) is 0 Å². The maximum Gasteiger partial charge on any atom is 0.227 e. The highest BCUT2D eigenvalue weighted by Gasteiger charge is 2.31. The molecular formula is C22H33N3O3. The topological polar surface area (TPSA) is 53.1 Å². The molecule has 0 radical (unpaired) electrons. The van der Waals surface area contributed by atoms with E-state index in [4.69, 9.17) is 4.74 Å². The smallest absolute Gasteiger partial charge is 0.227 e. The first-order valence-electron chi connectivity index (χ1n) is 10.4. The van der Waals surface area contributed by atoms with E-state index in [0.29, 0.717) is 13.0 Å². The summed E-state index contributed by atoms with van der Waals surface area (Å²) in [5.74, 6) is 0.272. The average molecular weight is 388 g/mol. The zero-order valence-corrected chi connectivity index (χ0v) is 17.2. The minimum absolute atomic E-state index is 0.111. The number of carbonyl (C=O) groups excluding carboxylic acids is 2. The standard InChI is InChI=1S/C22H33N3O3/c1-18-6-3-4-7-20(18)16-22(27)24-11-8-21(17-24)25(19(2)26)10-5-9-23-12-14-28-15-13-23/h3-4,6-7,21H,5,8-17H2,1-2H3. The van der Waals surface area contributed by atoms with Crippen molar-refractivity contribution < 1.29 is 14.3 Å². The Balaban J connectivity index is 1.48. The number of ether oxygens (including phenoxy) is 1. The molecule has 0 spiro atoms. The van der Waals surface area contributed by atoms with Gasteiger partial charge in [-0.3, -0.25) is 14.5 Å². The second kappa shape index (κ2) is 10.0. The molecule has 6 heteroatoms. The Bertz CT molecular complexity index is 673. The summed E-state index contributed by atoms with van der Waals surface area (Å²) in [6, 6.07) is 8.18. The van der Waals surface area contributed by atoms with Gasteiger partial charge in [-0.15, -0.1) is 0 Å². The molecule has 0 N–H and O–H groups in total. The molecule has 3 rings (SSSR count). The molecule has 154 valence electrons. The van der Waals surface area contributed by atoms with Crippen LogP contribution >= 0.6 is 0 Å². The monoisotopic (exact) mass is 387 g/mol. The van der Waals surface area contributed by atoms with Crippen molar-refractivity contribution in [2.45, 2.75) is 39.2 Å². The minimum Gasteiger partial charge on any atom is -0.379 e. The van der Waals surface area contributed by atoms with E-state index in [1.54, 1.807) is 6.92 Å². The summed E-state index contributed by atoms with van der Waals surface area (Å²) >= 11 is 0. The van der Waals surface area contributed by atoms with Crippen LogP contribution in [0, 0.1) is 6.92 Å². The third kappa shape index (κ3) is 5.55. The molecule has 1 aromatic rings. The fourth-order valence-electron chi connectivity index (χ4n) is 4.19. The Hall–Kier alpha value is -1.92. The number of rotatable bonds is 7. The van der Waals surface area contributed by atoms with Gasteiger partial charge in [0, 0.05) is 46.2 Å². The van der Waals surface area contributed by atoms with Crippen LogP contribution in [0.1, 0.15) is 30.9 Å². The van der Waals surface area contributed by atoms with Crippen molar-refractivity contribution in [2.75, 3.05) is 52.5 Å². The second-order valence-corrected chi connectivity index (χ2v) is 7.91. The zero-order valence-electron chi connectivity index (χ0n) is 17.2. The summed E-state index contributed by atoms with van der Waals surface area (Å²) in [6.45, 7) is 10.4. The van der Waals surface area contributed by atoms with Crippen molar-refractivity contribution in [3.8, 4) is 0 Å². The Morgan fingerprint density at radius 3 is 2.64 bits per heavy atom. The van der Waals surface area contributed by atoms with Crippen LogP contribution in [0.25, 0.3) is 0 Å². The van der Waals surface area contributed by atoms with Crippen molar-refractivity contribution in [1.29, 1.82) is 0 Å². The third-order valence-electron chi connectivity index (χ3n) is 5.94. The molecule has 28 heavy (non-hydrogen) atoms. The summed E-state index contributed by atoms with van der Waals surface area (Å²) in [7, 11) is 0. The molecule has 0 bridgehead atoms. The van der Waals surface area contributed by atoms with Gasteiger partial charge in [-0.25, -0.2) is 0 Å². The Kier molecular flexibility index (Phi) is 7.45. The molecule has 0 saturated carbocycles. The van der Waals surface area contributed by atoms with E-state index >= 15 is 0 Å². The maximum absolute atomic E-state index is 12.7. The van der Waals surface area contributed by atoms with Gasteiger partial charge < -0.3 is 14.5 Å². The number of carbonyl (C=O) groups is 2. The minimum atomic E-state index is 0.111. The van der Waals surface area contributed by atoms with Gasteiger partial charge in [0.2, 0.25) is 11.8 Å². The lowest BCUT2D eigenvalue weighted by Gasteiger charge is -2.30. The first-order valence-corrected chi connectivity index (χ1v) is 10.4. The fraction of sp³-hybridized carbons (Fsp3) is 0.636. The Labute approximate surface area is 168 Å². The fourth-order valence-corrected chi connectivity index (χ4v) is 4.19. The van der Waals surface area contributed by atoms with Crippen LogP contribution in [0.4, 0.5) is 0 Å². The van der Waals surface area contributed by atoms with Gasteiger partial charge >= 0.3 is 0 Å². The van der Waals surface area contributed by atoms with E-state index in [1.165, 1.54) is 0 Å². The predicted octanol–water partition coefficient (Wildman–Crippen LogP) is 1.71. The van der Waals surface area contributed by atoms with Gasteiger partial charge in [-0.05, 0) is 30.9 Å². The molecule has 6 nitrogen and oxygen atoms in total. The Morgan fingerprint density at radius 2 is 1.93 bits per heavy atom. The number of hydrogen-bond acceptors (Lipinski definition) is 4. The lowest BCUT2D eigenvalue weighted by Crippen LogP contribution is -2.44. The molecule has 1 unspecified atom stereocenters. The summed E-state index contributed by atoms with van der Waals surface area (Å²) in [5.41, 5.74) is 2.24. The third-order valence-corrected chi connectivity index (χ3v) is 5.94. The number of likely N-dealkylation sites (tertiary alicyclic amines) is 1. The van der Waals surface area contributed by atoms with Crippen LogP contribution in [-0.4, -0.2) is 85.0 Å². The normalized spacial score (nSPS) is 20.4. The van der Waals surface area contributed by atoms with Gasteiger partial charge in [0.15, 0.2) is 0 Å². The van der Waals surface area contributed by atoms with Gasteiger partial charge in [0.25, 0.3) is 0 Å². The molecule has 2 fully saturated rings. The van der Waals surface area contributed by atoms with Crippen LogP contribution in [-0.2, 0) is 20.7 Å². The number of benzene rings is 1. The predicted molar refractivity (Wildman–Crippen MR) is 109 cm³/mol. The van der Waals surface area contributed by atoms with Crippen LogP contribution in [0.15, 0.2) is 24.3 Å². The lowest BCUT2D eigenvalue weighted by molar-refractivity contribution is -0.133. The van der Waals surface area contributed by atoms with Crippen molar-refractivity contribution in [3.63, 3.8) is 0 Å². The largest absolute Gasteiger partial charge is 0.379 e. The van der Waals surface area contributed by atoms with Crippen LogP contribution in [0.5, 0.6) is 0 Å². The van der Waals surface area contributed by atoms with Crippen LogP contribution < -0.4 is 0 Å². The molecule has 2 aliphatic heterocycles. The SMILES string of the molecule is CC(=O)N(CCCN1CCOCC1)C1CCN(C(=O)Cc2ccccc2C)C1. The van der Waals surface area contributed by atoms with E-state index in [2.05, 4.69) is 4.90 Å². The maximum atomic E-state index is 12.7. The molecule has 2 heterocycles. The van der Waals surface area contributed by atoms with Crippen LogP contribution in [0.2, 0.25) is 0 Å². The van der Waals surface area contributed by atoms with Gasteiger partial charge in [-0.1, -0.05) is 24.3 Å². The molecular weight excluding hydrogens is 354 g/mol.